The summed E-state index contributed by atoms with van der Waals surface area (Å²) >= 11 is 1.49. The van der Waals surface area contributed by atoms with E-state index in [1.54, 1.807) is 18.3 Å². The van der Waals surface area contributed by atoms with Crippen LogP contribution in [0.5, 0.6) is 0 Å². The number of hydrogen-bond donors (Lipinski definition) is 0. The molecule has 116 valence electrons. The zero-order chi connectivity index (χ0) is 16.2. The maximum Gasteiger partial charge on any atom is 0.222 e. The van der Waals surface area contributed by atoms with Crippen molar-refractivity contribution in [1.29, 1.82) is 0 Å². The highest BCUT2D eigenvalue weighted by Gasteiger charge is 2.06. The molecule has 0 fully saturated rings. The number of benzene rings is 1. The van der Waals surface area contributed by atoms with Crippen LogP contribution >= 0.6 is 11.8 Å². The number of hydrogen-bond acceptors (Lipinski definition) is 5. The van der Waals surface area contributed by atoms with Gasteiger partial charge >= 0.3 is 0 Å². The van der Waals surface area contributed by atoms with Crippen LogP contribution in [0.2, 0.25) is 0 Å². The van der Waals surface area contributed by atoms with E-state index in [0.29, 0.717) is 5.16 Å². The van der Waals surface area contributed by atoms with Crippen molar-refractivity contribution in [2.24, 2.45) is 0 Å². The maximum atomic E-state index is 10.4. The van der Waals surface area contributed by atoms with Crippen LogP contribution in [-0.4, -0.2) is 32.3 Å². The summed E-state index contributed by atoms with van der Waals surface area (Å²) < 4.78 is 1.99. The number of nitro groups is 1. The molecule has 23 heavy (non-hydrogen) atoms. The molecule has 2 aromatic heterocycles. The molecule has 0 radical (unpaired) electrons. The fourth-order valence-corrected chi connectivity index (χ4v) is 2.64. The first-order valence-corrected chi connectivity index (χ1v) is 8.17. The molecule has 0 bridgehead atoms. The number of fused-ring (bicyclic) bond motifs is 1. The van der Waals surface area contributed by atoms with Crippen LogP contribution in [0.3, 0.4) is 0 Å². The van der Waals surface area contributed by atoms with Gasteiger partial charge in [-0.1, -0.05) is 30.0 Å². The molecule has 3 aromatic rings. The Kier molecular flexibility index (Phi) is 4.38. The highest BCUT2D eigenvalue weighted by molar-refractivity contribution is 7.98. The summed E-state index contributed by atoms with van der Waals surface area (Å²) in [7, 11) is 0. The van der Waals surface area contributed by atoms with E-state index in [0.717, 1.165) is 22.3 Å². The molecule has 0 saturated carbocycles. The molecular formula is C16H14N4O2S. The van der Waals surface area contributed by atoms with Crippen LogP contribution < -0.4 is 0 Å². The van der Waals surface area contributed by atoms with Crippen molar-refractivity contribution in [3.8, 4) is 5.82 Å². The Morgan fingerprint density at radius 3 is 3.00 bits per heavy atom. The third-order valence-corrected chi connectivity index (χ3v) is 3.89. The highest BCUT2D eigenvalue weighted by Crippen LogP contribution is 2.22. The lowest BCUT2D eigenvalue weighted by atomic mass is 10.1. The molecule has 0 spiro atoms. The summed E-state index contributed by atoms with van der Waals surface area (Å²) in [4.78, 5) is 18.7. The molecule has 0 aliphatic heterocycles. The van der Waals surface area contributed by atoms with E-state index < -0.39 is 0 Å². The smallest absolute Gasteiger partial charge is 0.222 e. The summed E-state index contributed by atoms with van der Waals surface area (Å²) in [5.41, 5.74) is 1.91. The van der Waals surface area contributed by atoms with Crippen molar-refractivity contribution < 1.29 is 4.92 Å². The van der Waals surface area contributed by atoms with Gasteiger partial charge in [-0.2, -0.15) is 0 Å². The predicted molar refractivity (Wildman–Crippen MR) is 91.5 cm³/mol. The molecule has 0 amide bonds. The molecule has 0 unspecified atom stereocenters. The van der Waals surface area contributed by atoms with Crippen LogP contribution in [-0.2, 0) is 0 Å². The average molecular weight is 326 g/mol. The van der Waals surface area contributed by atoms with Crippen LogP contribution in [0.4, 0.5) is 0 Å². The molecular weight excluding hydrogens is 312 g/mol. The molecule has 7 heteroatoms. The third kappa shape index (κ3) is 3.40. The summed E-state index contributed by atoms with van der Waals surface area (Å²) in [6.45, 7) is -0.179. The first-order valence-electron chi connectivity index (χ1n) is 6.94. The van der Waals surface area contributed by atoms with Gasteiger partial charge in [0.2, 0.25) is 6.54 Å². The first kappa shape index (κ1) is 15.2. The SMILES string of the molecule is CSc1nccc(-n2ccc3ccc(/C=C/C[N+](=O)[O-])cc32)n1. The number of aromatic nitrogens is 3. The van der Waals surface area contributed by atoms with Crippen molar-refractivity contribution in [3.05, 3.63) is 64.5 Å². The van der Waals surface area contributed by atoms with Crippen LogP contribution in [0, 0.1) is 10.1 Å². The minimum Gasteiger partial charge on any atom is -0.301 e. The van der Waals surface area contributed by atoms with E-state index >= 15 is 0 Å². The van der Waals surface area contributed by atoms with Crippen molar-refractivity contribution in [3.63, 3.8) is 0 Å². The lowest BCUT2D eigenvalue weighted by Gasteiger charge is -2.06. The van der Waals surface area contributed by atoms with Gasteiger partial charge in [-0.15, -0.1) is 0 Å². The van der Waals surface area contributed by atoms with Gasteiger partial charge in [-0.05, 0) is 36.1 Å². The fourth-order valence-electron chi connectivity index (χ4n) is 2.29. The molecule has 0 aliphatic carbocycles. The van der Waals surface area contributed by atoms with Crippen LogP contribution in [0.25, 0.3) is 22.8 Å². The second kappa shape index (κ2) is 6.62. The summed E-state index contributed by atoms with van der Waals surface area (Å²) in [6.07, 6.45) is 8.94. The van der Waals surface area contributed by atoms with Gasteiger partial charge in [0.1, 0.15) is 5.82 Å². The Morgan fingerprint density at radius 1 is 1.35 bits per heavy atom. The summed E-state index contributed by atoms with van der Waals surface area (Å²) in [6, 6.07) is 9.80. The van der Waals surface area contributed by atoms with E-state index in [1.807, 2.05) is 47.4 Å². The standard InChI is InChI=1S/C16H14N4O2S/c1-23-16-17-8-6-15(18-16)19-10-7-13-5-4-12(11-14(13)19)3-2-9-20(21)22/h2-8,10-11H,9H2,1H3/b3-2+. The highest BCUT2D eigenvalue weighted by atomic mass is 32.2. The zero-order valence-corrected chi connectivity index (χ0v) is 13.2. The molecule has 2 heterocycles. The van der Waals surface area contributed by atoms with E-state index in [1.165, 1.54) is 11.8 Å². The van der Waals surface area contributed by atoms with Gasteiger partial charge in [-0.25, -0.2) is 9.97 Å². The van der Waals surface area contributed by atoms with Crippen molar-refractivity contribution in [1.82, 2.24) is 14.5 Å². The molecule has 0 aliphatic rings. The van der Waals surface area contributed by atoms with Crippen molar-refractivity contribution in [2.45, 2.75) is 5.16 Å². The third-order valence-electron chi connectivity index (χ3n) is 3.33. The minimum absolute atomic E-state index is 0.179. The van der Waals surface area contributed by atoms with E-state index in [2.05, 4.69) is 9.97 Å². The Morgan fingerprint density at radius 2 is 2.22 bits per heavy atom. The summed E-state index contributed by atoms with van der Waals surface area (Å²) in [5, 5.41) is 12.2. The van der Waals surface area contributed by atoms with E-state index in [9.17, 15) is 10.1 Å². The van der Waals surface area contributed by atoms with Gasteiger partial charge in [0, 0.05) is 22.7 Å². The normalized spacial score (nSPS) is 11.3. The quantitative estimate of drug-likeness (QED) is 0.311. The zero-order valence-electron chi connectivity index (χ0n) is 12.4. The van der Waals surface area contributed by atoms with Crippen molar-refractivity contribution >= 4 is 28.7 Å². The molecule has 0 saturated heterocycles. The molecule has 0 N–H and O–H groups in total. The molecule has 1 aromatic carbocycles. The average Bonchev–Trinajstić information content (AvgIpc) is 2.98. The lowest BCUT2D eigenvalue weighted by molar-refractivity contribution is -0.468. The van der Waals surface area contributed by atoms with E-state index in [4.69, 9.17) is 0 Å². The van der Waals surface area contributed by atoms with Crippen LogP contribution in [0.15, 0.2) is 54.0 Å². The molecule has 6 nitrogen and oxygen atoms in total. The Hall–Kier alpha value is -2.67. The number of rotatable bonds is 5. The Labute approximate surface area is 137 Å². The Bertz CT molecular complexity index is 889. The molecule has 3 rings (SSSR count). The topological polar surface area (TPSA) is 73.8 Å². The van der Waals surface area contributed by atoms with Gasteiger partial charge in [0.25, 0.3) is 0 Å². The Balaban J connectivity index is 2.01. The number of nitrogens with zero attached hydrogens (tertiary/aromatic N) is 4. The fraction of sp³-hybridized carbons (Fsp3) is 0.125. The predicted octanol–water partition coefficient (Wildman–Crippen LogP) is 3.43. The first-order chi connectivity index (χ1) is 11.2. The largest absolute Gasteiger partial charge is 0.301 e. The van der Waals surface area contributed by atoms with Gasteiger partial charge in [-0.3, -0.25) is 10.1 Å². The summed E-state index contributed by atoms with van der Waals surface area (Å²) in [5.74, 6) is 0.797. The van der Waals surface area contributed by atoms with Crippen molar-refractivity contribution in [2.75, 3.05) is 12.8 Å². The maximum absolute atomic E-state index is 10.4. The van der Waals surface area contributed by atoms with E-state index in [-0.39, 0.29) is 11.5 Å². The van der Waals surface area contributed by atoms with Gasteiger partial charge in [0.05, 0.1) is 5.52 Å². The minimum atomic E-state index is -0.359. The van der Waals surface area contributed by atoms with Gasteiger partial charge in [0.15, 0.2) is 5.16 Å². The van der Waals surface area contributed by atoms with Gasteiger partial charge < -0.3 is 4.57 Å². The lowest BCUT2D eigenvalue weighted by Crippen LogP contribution is -1.98. The van der Waals surface area contributed by atoms with Crippen LogP contribution in [0.1, 0.15) is 5.56 Å². The number of thioether (sulfide) groups is 1. The second-order valence-electron chi connectivity index (χ2n) is 4.82. The second-order valence-corrected chi connectivity index (χ2v) is 5.60. The molecule has 0 atom stereocenters. The monoisotopic (exact) mass is 326 g/mol.